The highest BCUT2D eigenvalue weighted by Gasteiger charge is 2.33. The molecule has 1 aromatic carbocycles. The molecule has 23 heavy (non-hydrogen) atoms. The zero-order chi connectivity index (χ0) is 16.9. The first-order valence-electron chi connectivity index (χ1n) is 7.95. The van der Waals surface area contributed by atoms with Crippen LogP contribution < -0.4 is 20.5 Å². The fourth-order valence-electron chi connectivity index (χ4n) is 3.25. The van der Waals surface area contributed by atoms with Crippen molar-refractivity contribution in [1.29, 1.82) is 0 Å². The zero-order valence-corrected chi connectivity index (χ0v) is 14.5. The average molecular weight is 341 g/mol. The summed E-state index contributed by atoms with van der Waals surface area (Å²) in [5.74, 6) is 0.948. The van der Waals surface area contributed by atoms with Gasteiger partial charge in [0.15, 0.2) is 0 Å². The fraction of sp³-hybridized carbons (Fsp3) is 0.588. The number of benzene rings is 1. The summed E-state index contributed by atoms with van der Waals surface area (Å²) in [6.45, 7) is 0.543. The van der Waals surface area contributed by atoms with E-state index in [0.717, 1.165) is 25.7 Å². The van der Waals surface area contributed by atoms with Crippen LogP contribution in [-0.2, 0) is 4.79 Å². The van der Waals surface area contributed by atoms with Gasteiger partial charge in [0.05, 0.1) is 24.9 Å². The Balaban J connectivity index is 2.13. The van der Waals surface area contributed by atoms with Gasteiger partial charge in [-0.3, -0.25) is 4.79 Å². The molecule has 3 N–H and O–H groups in total. The number of anilines is 1. The van der Waals surface area contributed by atoms with Crippen LogP contribution in [0.5, 0.6) is 11.5 Å². The van der Waals surface area contributed by atoms with Gasteiger partial charge in [-0.2, -0.15) is 0 Å². The summed E-state index contributed by atoms with van der Waals surface area (Å²) in [7, 11) is 3.07. The Hall–Kier alpha value is -1.46. The summed E-state index contributed by atoms with van der Waals surface area (Å²) in [5, 5.41) is 3.35. The quantitative estimate of drug-likeness (QED) is 0.829. The standard InChI is InChI=1S/C17H25ClN2O3/c1-22-14-9-13(15(23-2)8-12(14)18)20-16(21)10-17(11-19)6-4-3-5-7-17/h8-9H,3-7,10-11,19H2,1-2H3,(H,20,21). The summed E-state index contributed by atoms with van der Waals surface area (Å²) in [6.07, 6.45) is 5.96. The van der Waals surface area contributed by atoms with Crippen LogP contribution >= 0.6 is 11.6 Å². The summed E-state index contributed by atoms with van der Waals surface area (Å²) >= 11 is 6.08. The van der Waals surface area contributed by atoms with Crippen molar-refractivity contribution in [2.24, 2.45) is 11.1 Å². The molecule has 2 rings (SSSR count). The van der Waals surface area contributed by atoms with E-state index < -0.39 is 0 Å². The fourth-order valence-corrected chi connectivity index (χ4v) is 3.48. The normalized spacial score (nSPS) is 16.7. The van der Waals surface area contributed by atoms with Gasteiger partial charge in [0.1, 0.15) is 11.5 Å². The molecule has 0 heterocycles. The van der Waals surface area contributed by atoms with Crippen molar-refractivity contribution < 1.29 is 14.3 Å². The van der Waals surface area contributed by atoms with Crippen molar-refractivity contribution >= 4 is 23.2 Å². The minimum Gasteiger partial charge on any atom is -0.495 e. The Morgan fingerprint density at radius 1 is 1.22 bits per heavy atom. The van der Waals surface area contributed by atoms with E-state index in [9.17, 15) is 4.79 Å². The molecule has 0 aliphatic heterocycles. The van der Waals surface area contributed by atoms with Crippen LogP contribution in [0.15, 0.2) is 12.1 Å². The predicted octanol–water partition coefficient (Wildman–Crippen LogP) is 3.60. The smallest absolute Gasteiger partial charge is 0.225 e. The number of carbonyl (C=O) groups is 1. The van der Waals surface area contributed by atoms with Crippen LogP contribution in [-0.4, -0.2) is 26.7 Å². The number of amides is 1. The van der Waals surface area contributed by atoms with Gasteiger partial charge in [0.25, 0.3) is 0 Å². The van der Waals surface area contributed by atoms with Crippen LogP contribution in [0.3, 0.4) is 0 Å². The molecule has 1 fully saturated rings. The number of hydrogen-bond donors (Lipinski definition) is 2. The molecule has 0 saturated heterocycles. The van der Waals surface area contributed by atoms with E-state index in [1.807, 2.05) is 0 Å². The molecule has 5 nitrogen and oxygen atoms in total. The summed E-state index contributed by atoms with van der Waals surface area (Å²) in [5.41, 5.74) is 6.44. The van der Waals surface area contributed by atoms with Gasteiger partial charge in [-0.05, 0) is 24.8 Å². The van der Waals surface area contributed by atoms with E-state index in [1.165, 1.54) is 20.6 Å². The van der Waals surface area contributed by atoms with E-state index >= 15 is 0 Å². The minimum atomic E-state index is -0.0773. The average Bonchev–Trinajstić information content (AvgIpc) is 2.56. The molecule has 0 unspecified atom stereocenters. The number of hydrogen-bond acceptors (Lipinski definition) is 4. The van der Waals surface area contributed by atoms with Crippen molar-refractivity contribution in [3.63, 3.8) is 0 Å². The lowest BCUT2D eigenvalue weighted by molar-refractivity contribution is -0.118. The Morgan fingerprint density at radius 2 is 1.87 bits per heavy atom. The largest absolute Gasteiger partial charge is 0.495 e. The van der Waals surface area contributed by atoms with Crippen LogP contribution in [0.2, 0.25) is 5.02 Å². The van der Waals surface area contributed by atoms with E-state index in [-0.39, 0.29) is 11.3 Å². The Morgan fingerprint density at radius 3 is 2.43 bits per heavy atom. The van der Waals surface area contributed by atoms with E-state index in [0.29, 0.717) is 35.2 Å². The third kappa shape index (κ3) is 4.30. The lowest BCUT2D eigenvalue weighted by Gasteiger charge is -2.35. The molecular weight excluding hydrogens is 316 g/mol. The number of methoxy groups -OCH3 is 2. The SMILES string of the molecule is COc1cc(NC(=O)CC2(CN)CCCCC2)c(OC)cc1Cl. The van der Waals surface area contributed by atoms with Crippen molar-refractivity contribution in [2.75, 3.05) is 26.1 Å². The molecular formula is C17H25ClN2O3. The van der Waals surface area contributed by atoms with Crippen molar-refractivity contribution in [3.05, 3.63) is 17.2 Å². The second-order valence-corrected chi connectivity index (χ2v) is 6.58. The van der Waals surface area contributed by atoms with Gasteiger partial charge in [-0.25, -0.2) is 0 Å². The van der Waals surface area contributed by atoms with E-state index in [1.54, 1.807) is 12.1 Å². The van der Waals surface area contributed by atoms with Crippen LogP contribution in [0, 0.1) is 5.41 Å². The topological polar surface area (TPSA) is 73.6 Å². The lowest BCUT2D eigenvalue weighted by atomic mass is 9.71. The second-order valence-electron chi connectivity index (χ2n) is 6.18. The maximum absolute atomic E-state index is 12.5. The first-order valence-corrected chi connectivity index (χ1v) is 8.33. The maximum atomic E-state index is 12.5. The number of rotatable bonds is 6. The molecule has 1 aromatic rings. The first-order chi connectivity index (χ1) is 11.0. The molecule has 128 valence electrons. The molecule has 0 spiro atoms. The summed E-state index contributed by atoms with van der Waals surface area (Å²) in [4.78, 5) is 12.5. The Kier molecular flexibility index (Phi) is 6.13. The van der Waals surface area contributed by atoms with Crippen molar-refractivity contribution in [3.8, 4) is 11.5 Å². The molecule has 1 aliphatic carbocycles. The second kappa shape index (κ2) is 7.88. The van der Waals surface area contributed by atoms with Crippen LogP contribution in [0.4, 0.5) is 5.69 Å². The van der Waals surface area contributed by atoms with Crippen molar-refractivity contribution in [1.82, 2.24) is 0 Å². The summed E-state index contributed by atoms with van der Waals surface area (Å²) in [6, 6.07) is 3.31. The van der Waals surface area contributed by atoms with Gasteiger partial charge in [0, 0.05) is 18.6 Å². The van der Waals surface area contributed by atoms with Crippen LogP contribution in [0.1, 0.15) is 38.5 Å². The van der Waals surface area contributed by atoms with Crippen LogP contribution in [0.25, 0.3) is 0 Å². The molecule has 0 radical (unpaired) electrons. The number of ether oxygens (including phenoxy) is 2. The summed E-state index contributed by atoms with van der Waals surface area (Å²) < 4.78 is 10.5. The minimum absolute atomic E-state index is 0.0555. The lowest BCUT2D eigenvalue weighted by Crippen LogP contribution is -2.36. The molecule has 0 bridgehead atoms. The molecule has 1 saturated carbocycles. The monoisotopic (exact) mass is 340 g/mol. The number of nitrogens with two attached hydrogens (primary N) is 1. The number of carbonyl (C=O) groups excluding carboxylic acids is 1. The molecule has 1 aliphatic rings. The van der Waals surface area contributed by atoms with E-state index in [4.69, 9.17) is 26.8 Å². The maximum Gasteiger partial charge on any atom is 0.225 e. The Labute approximate surface area is 142 Å². The third-order valence-electron chi connectivity index (χ3n) is 4.63. The highest BCUT2D eigenvalue weighted by atomic mass is 35.5. The number of nitrogens with one attached hydrogen (secondary N) is 1. The predicted molar refractivity (Wildman–Crippen MR) is 92.4 cm³/mol. The molecule has 0 aromatic heterocycles. The first kappa shape index (κ1) is 17.9. The Bertz CT molecular complexity index is 557. The van der Waals surface area contributed by atoms with Gasteiger partial charge < -0.3 is 20.5 Å². The van der Waals surface area contributed by atoms with Gasteiger partial charge >= 0.3 is 0 Å². The van der Waals surface area contributed by atoms with Gasteiger partial charge in [-0.15, -0.1) is 0 Å². The molecule has 1 amide bonds. The highest BCUT2D eigenvalue weighted by molar-refractivity contribution is 6.32. The van der Waals surface area contributed by atoms with Crippen molar-refractivity contribution in [2.45, 2.75) is 38.5 Å². The van der Waals surface area contributed by atoms with E-state index in [2.05, 4.69) is 5.32 Å². The zero-order valence-electron chi connectivity index (χ0n) is 13.8. The highest BCUT2D eigenvalue weighted by Crippen LogP contribution is 2.40. The van der Waals surface area contributed by atoms with Gasteiger partial charge in [-0.1, -0.05) is 30.9 Å². The molecule has 0 atom stereocenters. The third-order valence-corrected chi connectivity index (χ3v) is 4.93. The molecule has 6 heteroatoms. The number of halogens is 1. The van der Waals surface area contributed by atoms with Gasteiger partial charge in [0.2, 0.25) is 5.91 Å².